The normalized spacial score (nSPS) is 10.6. The Kier molecular flexibility index (Phi) is 8.05. The molecule has 0 unspecified atom stereocenters. The van der Waals surface area contributed by atoms with Gasteiger partial charge in [0.05, 0.1) is 7.11 Å². The molecule has 0 bridgehead atoms. The van der Waals surface area contributed by atoms with Gasteiger partial charge in [0, 0.05) is 32.1 Å². The van der Waals surface area contributed by atoms with E-state index in [1.54, 1.807) is 12.0 Å². The lowest BCUT2D eigenvalue weighted by Crippen LogP contribution is -2.33. The molecule has 2 aromatic rings. The van der Waals surface area contributed by atoms with Gasteiger partial charge in [-0.3, -0.25) is 9.59 Å². The first-order valence-electron chi connectivity index (χ1n) is 9.68. The Morgan fingerprint density at radius 1 is 1.07 bits per heavy atom. The van der Waals surface area contributed by atoms with Gasteiger partial charge in [-0.15, -0.1) is 0 Å². The highest BCUT2D eigenvalue weighted by Crippen LogP contribution is 2.23. The third-order valence-electron chi connectivity index (χ3n) is 4.72. The predicted molar refractivity (Wildman–Crippen MR) is 113 cm³/mol. The number of methoxy groups -OCH3 is 1. The van der Waals surface area contributed by atoms with Crippen molar-refractivity contribution in [3.05, 3.63) is 59.7 Å². The van der Waals surface area contributed by atoms with Crippen LogP contribution in [0.2, 0.25) is 0 Å². The SMILES string of the molecule is COc1cccc(CCN(CCC(=O)Nc2ccccc2C(C)C)C(C)=O)c1. The van der Waals surface area contributed by atoms with E-state index in [4.69, 9.17) is 4.74 Å². The maximum Gasteiger partial charge on any atom is 0.226 e. The van der Waals surface area contributed by atoms with Gasteiger partial charge >= 0.3 is 0 Å². The van der Waals surface area contributed by atoms with Gasteiger partial charge in [-0.05, 0) is 41.7 Å². The minimum Gasteiger partial charge on any atom is -0.497 e. The largest absolute Gasteiger partial charge is 0.497 e. The molecule has 0 radical (unpaired) electrons. The van der Waals surface area contributed by atoms with E-state index in [-0.39, 0.29) is 18.2 Å². The summed E-state index contributed by atoms with van der Waals surface area (Å²) in [6.45, 7) is 6.70. The van der Waals surface area contributed by atoms with Crippen LogP contribution in [0.25, 0.3) is 0 Å². The Labute approximate surface area is 167 Å². The molecule has 0 aliphatic carbocycles. The quantitative estimate of drug-likeness (QED) is 0.706. The van der Waals surface area contributed by atoms with E-state index in [0.29, 0.717) is 25.4 Å². The molecule has 0 heterocycles. The van der Waals surface area contributed by atoms with Gasteiger partial charge < -0.3 is 15.0 Å². The summed E-state index contributed by atoms with van der Waals surface area (Å²) in [6, 6.07) is 15.6. The molecule has 1 N–H and O–H groups in total. The van der Waals surface area contributed by atoms with Crippen LogP contribution in [-0.2, 0) is 16.0 Å². The summed E-state index contributed by atoms with van der Waals surface area (Å²) in [7, 11) is 1.64. The summed E-state index contributed by atoms with van der Waals surface area (Å²) < 4.78 is 5.24. The molecule has 0 aliphatic rings. The molecule has 0 aromatic heterocycles. The van der Waals surface area contributed by atoms with Crippen molar-refractivity contribution in [3.8, 4) is 5.75 Å². The highest BCUT2D eigenvalue weighted by Gasteiger charge is 2.13. The van der Waals surface area contributed by atoms with Gasteiger partial charge in [0.1, 0.15) is 5.75 Å². The van der Waals surface area contributed by atoms with Crippen LogP contribution >= 0.6 is 0 Å². The number of rotatable bonds is 9. The van der Waals surface area contributed by atoms with Crippen molar-refractivity contribution in [1.29, 1.82) is 0 Å². The number of hydrogen-bond donors (Lipinski definition) is 1. The molecule has 5 heteroatoms. The lowest BCUT2D eigenvalue weighted by molar-refractivity contribution is -0.129. The molecule has 0 saturated heterocycles. The molecule has 0 aliphatic heterocycles. The first kappa shape index (κ1) is 21.5. The average Bonchev–Trinajstić information content (AvgIpc) is 2.68. The number of carbonyl (C=O) groups is 2. The molecule has 0 atom stereocenters. The van der Waals surface area contributed by atoms with E-state index in [9.17, 15) is 9.59 Å². The third-order valence-corrected chi connectivity index (χ3v) is 4.72. The minimum atomic E-state index is -0.0827. The lowest BCUT2D eigenvalue weighted by atomic mass is 10.0. The number of hydrogen-bond acceptors (Lipinski definition) is 3. The fourth-order valence-corrected chi connectivity index (χ4v) is 3.08. The van der Waals surface area contributed by atoms with Crippen LogP contribution in [-0.4, -0.2) is 36.9 Å². The standard InChI is InChI=1S/C23H30N2O3/c1-17(2)21-10-5-6-11-22(21)24-23(27)13-15-25(18(3)26)14-12-19-8-7-9-20(16-19)28-4/h5-11,16-17H,12-15H2,1-4H3,(H,24,27). The minimum absolute atomic E-state index is 0.0294. The zero-order valence-electron chi connectivity index (χ0n) is 17.2. The van der Waals surface area contributed by atoms with E-state index in [1.807, 2.05) is 48.5 Å². The van der Waals surface area contributed by atoms with Gasteiger partial charge in [0.15, 0.2) is 0 Å². The molecular weight excluding hydrogens is 352 g/mol. The van der Waals surface area contributed by atoms with Crippen LogP contribution in [0, 0.1) is 0 Å². The summed E-state index contributed by atoms with van der Waals surface area (Å²) in [5.74, 6) is 1.02. The van der Waals surface area contributed by atoms with Crippen LogP contribution in [0.1, 0.15) is 44.2 Å². The molecular formula is C23H30N2O3. The van der Waals surface area contributed by atoms with Gasteiger partial charge in [0.25, 0.3) is 0 Å². The smallest absolute Gasteiger partial charge is 0.226 e. The number of benzene rings is 2. The van der Waals surface area contributed by atoms with Gasteiger partial charge in [-0.25, -0.2) is 0 Å². The van der Waals surface area contributed by atoms with E-state index >= 15 is 0 Å². The van der Waals surface area contributed by atoms with Crippen molar-refractivity contribution >= 4 is 17.5 Å². The number of para-hydroxylation sites is 1. The second kappa shape index (κ2) is 10.5. The van der Waals surface area contributed by atoms with E-state index < -0.39 is 0 Å². The Morgan fingerprint density at radius 3 is 2.50 bits per heavy atom. The fourth-order valence-electron chi connectivity index (χ4n) is 3.08. The number of nitrogens with zero attached hydrogens (tertiary/aromatic N) is 1. The van der Waals surface area contributed by atoms with Crippen molar-refractivity contribution in [2.24, 2.45) is 0 Å². The Hall–Kier alpha value is -2.82. The van der Waals surface area contributed by atoms with Gasteiger partial charge in [0.2, 0.25) is 11.8 Å². The number of nitrogens with one attached hydrogen (secondary N) is 1. The van der Waals surface area contributed by atoms with Crippen LogP contribution in [0.4, 0.5) is 5.69 Å². The molecule has 150 valence electrons. The molecule has 0 fully saturated rings. The van der Waals surface area contributed by atoms with Crippen LogP contribution in [0.15, 0.2) is 48.5 Å². The molecule has 0 saturated carbocycles. The molecule has 2 amide bonds. The second-order valence-electron chi connectivity index (χ2n) is 7.15. The maximum absolute atomic E-state index is 12.4. The number of anilines is 1. The van der Waals surface area contributed by atoms with Crippen LogP contribution in [0.5, 0.6) is 5.75 Å². The first-order valence-corrected chi connectivity index (χ1v) is 9.68. The van der Waals surface area contributed by atoms with Crippen molar-refractivity contribution < 1.29 is 14.3 Å². The second-order valence-corrected chi connectivity index (χ2v) is 7.15. The summed E-state index contributed by atoms with van der Waals surface area (Å²) >= 11 is 0. The lowest BCUT2D eigenvalue weighted by Gasteiger charge is -2.21. The van der Waals surface area contributed by atoms with E-state index in [2.05, 4.69) is 19.2 Å². The zero-order valence-corrected chi connectivity index (χ0v) is 17.2. The number of ether oxygens (including phenoxy) is 1. The summed E-state index contributed by atoms with van der Waals surface area (Å²) in [5.41, 5.74) is 3.05. The maximum atomic E-state index is 12.4. The molecule has 2 aromatic carbocycles. The zero-order chi connectivity index (χ0) is 20.5. The molecule has 0 spiro atoms. The molecule has 2 rings (SSSR count). The van der Waals surface area contributed by atoms with Crippen molar-refractivity contribution in [1.82, 2.24) is 4.90 Å². The van der Waals surface area contributed by atoms with Crippen molar-refractivity contribution in [2.75, 3.05) is 25.5 Å². The van der Waals surface area contributed by atoms with Crippen molar-refractivity contribution in [3.63, 3.8) is 0 Å². The van der Waals surface area contributed by atoms with Crippen LogP contribution < -0.4 is 10.1 Å². The van der Waals surface area contributed by atoms with Crippen LogP contribution in [0.3, 0.4) is 0 Å². The number of carbonyl (C=O) groups excluding carboxylic acids is 2. The average molecular weight is 383 g/mol. The van der Waals surface area contributed by atoms with Gasteiger partial charge in [-0.2, -0.15) is 0 Å². The molecule has 5 nitrogen and oxygen atoms in total. The summed E-state index contributed by atoms with van der Waals surface area (Å²) in [4.78, 5) is 26.1. The summed E-state index contributed by atoms with van der Waals surface area (Å²) in [5, 5.41) is 2.98. The Bertz CT molecular complexity index is 802. The number of amides is 2. The Balaban J connectivity index is 1.90. The van der Waals surface area contributed by atoms with Gasteiger partial charge in [-0.1, -0.05) is 44.2 Å². The van der Waals surface area contributed by atoms with E-state index in [0.717, 1.165) is 22.6 Å². The fraction of sp³-hybridized carbons (Fsp3) is 0.391. The third kappa shape index (κ3) is 6.41. The van der Waals surface area contributed by atoms with Crippen molar-refractivity contribution in [2.45, 2.75) is 39.5 Å². The highest BCUT2D eigenvalue weighted by molar-refractivity contribution is 5.92. The first-order chi connectivity index (χ1) is 13.4. The molecule has 28 heavy (non-hydrogen) atoms. The predicted octanol–water partition coefficient (Wildman–Crippen LogP) is 4.24. The highest BCUT2D eigenvalue weighted by atomic mass is 16.5. The monoisotopic (exact) mass is 382 g/mol. The van der Waals surface area contributed by atoms with E-state index in [1.165, 1.54) is 6.92 Å². The topological polar surface area (TPSA) is 58.6 Å². The Morgan fingerprint density at radius 2 is 1.82 bits per heavy atom. The summed E-state index contributed by atoms with van der Waals surface area (Å²) in [6.07, 6.45) is 0.985.